The van der Waals surface area contributed by atoms with Gasteiger partial charge in [0.25, 0.3) is 11.5 Å². The molecular weight excluding hydrogens is 294 g/mol. The van der Waals surface area contributed by atoms with Gasteiger partial charge < -0.3 is 14.7 Å². The SMILES string of the molecule is Cc1cn2cc(C(=O)NCCc3cc(=O)[nH]c(C)n3)ccc2n1. The molecule has 3 aromatic rings. The van der Waals surface area contributed by atoms with E-state index in [-0.39, 0.29) is 11.5 Å². The number of aromatic amines is 1. The number of carbonyl (C=O) groups excluding carboxylic acids is 1. The van der Waals surface area contributed by atoms with Crippen LogP contribution in [0.2, 0.25) is 0 Å². The lowest BCUT2D eigenvalue weighted by Gasteiger charge is -2.06. The van der Waals surface area contributed by atoms with Gasteiger partial charge in [0.15, 0.2) is 0 Å². The van der Waals surface area contributed by atoms with Crippen molar-refractivity contribution in [2.45, 2.75) is 20.3 Å². The summed E-state index contributed by atoms with van der Waals surface area (Å²) in [6.45, 7) is 4.05. The molecule has 0 aliphatic carbocycles. The fourth-order valence-electron chi connectivity index (χ4n) is 2.43. The number of nitrogens with zero attached hydrogens (tertiary/aromatic N) is 3. The summed E-state index contributed by atoms with van der Waals surface area (Å²) in [5.74, 6) is 0.402. The predicted octanol–water partition coefficient (Wildman–Crippen LogP) is 1.01. The van der Waals surface area contributed by atoms with Crippen molar-refractivity contribution in [3.8, 4) is 0 Å². The first-order valence-electron chi connectivity index (χ1n) is 7.32. The molecule has 7 heteroatoms. The zero-order chi connectivity index (χ0) is 16.4. The van der Waals surface area contributed by atoms with Crippen molar-refractivity contribution >= 4 is 11.6 Å². The van der Waals surface area contributed by atoms with Crippen LogP contribution < -0.4 is 10.9 Å². The van der Waals surface area contributed by atoms with Crippen LogP contribution in [0, 0.1) is 13.8 Å². The molecule has 3 heterocycles. The highest BCUT2D eigenvalue weighted by Gasteiger charge is 2.07. The quantitative estimate of drug-likeness (QED) is 0.752. The molecule has 0 spiro atoms. The standard InChI is InChI=1S/C16H17N5O2/c1-10-8-21-9-12(3-4-14(21)18-10)16(23)17-6-5-13-7-15(22)20-11(2)19-13/h3-4,7-9H,5-6H2,1-2H3,(H,17,23)(H,19,20,22). The zero-order valence-electron chi connectivity index (χ0n) is 13.0. The molecule has 0 aliphatic rings. The van der Waals surface area contributed by atoms with Crippen molar-refractivity contribution in [3.05, 3.63) is 63.7 Å². The summed E-state index contributed by atoms with van der Waals surface area (Å²) in [6, 6.07) is 5.00. The predicted molar refractivity (Wildman–Crippen MR) is 85.6 cm³/mol. The van der Waals surface area contributed by atoms with E-state index in [0.717, 1.165) is 11.3 Å². The van der Waals surface area contributed by atoms with E-state index in [2.05, 4.69) is 20.3 Å². The van der Waals surface area contributed by atoms with E-state index >= 15 is 0 Å². The first-order chi connectivity index (χ1) is 11.0. The van der Waals surface area contributed by atoms with Gasteiger partial charge in [-0.05, 0) is 26.0 Å². The van der Waals surface area contributed by atoms with Crippen molar-refractivity contribution in [1.82, 2.24) is 24.7 Å². The minimum absolute atomic E-state index is 0.167. The smallest absolute Gasteiger partial charge is 0.252 e. The highest BCUT2D eigenvalue weighted by molar-refractivity contribution is 5.94. The number of fused-ring (bicyclic) bond motifs is 1. The van der Waals surface area contributed by atoms with Gasteiger partial charge in [-0.1, -0.05) is 0 Å². The Labute approximate surface area is 132 Å². The molecule has 7 nitrogen and oxygen atoms in total. The molecule has 1 amide bonds. The summed E-state index contributed by atoms with van der Waals surface area (Å²) in [4.78, 5) is 34.7. The number of hydrogen-bond acceptors (Lipinski definition) is 4. The molecule has 0 radical (unpaired) electrons. The molecule has 118 valence electrons. The van der Waals surface area contributed by atoms with E-state index in [4.69, 9.17) is 0 Å². The summed E-state index contributed by atoms with van der Waals surface area (Å²) in [5.41, 5.74) is 2.75. The molecule has 3 aromatic heterocycles. The normalized spacial score (nSPS) is 10.9. The number of aromatic nitrogens is 4. The minimum Gasteiger partial charge on any atom is -0.352 e. The Morgan fingerprint density at radius 1 is 1.26 bits per heavy atom. The second-order valence-electron chi connectivity index (χ2n) is 5.39. The van der Waals surface area contributed by atoms with Crippen molar-refractivity contribution in [2.75, 3.05) is 6.54 Å². The fraction of sp³-hybridized carbons (Fsp3) is 0.250. The lowest BCUT2D eigenvalue weighted by molar-refractivity contribution is 0.0953. The Bertz CT molecular complexity index is 926. The van der Waals surface area contributed by atoms with E-state index in [1.807, 2.05) is 23.6 Å². The van der Waals surface area contributed by atoms with Crippen LogP contribution in [-0.4, -0.2) is 31.8 Å². The number of imidazole rings is 1. The van der Waals surface area contributed by atoms with Crippen molar-refractivity contribution in [3.63, 3.8) is 0 Å². The number of amides is 1. The number of carbonyl (C=O) groups is 1. The Morgan fingerprint density at radius 2 is 2.09 bits per heavy atom. The van der Waals surface area contributed by atoms with Gasteiger partial charge in [0.1, 0.15) is 11.5 Å². The van der Waals surface area contributed by atoms with Crippen LogP contribution in [0.1, 0.15) is 27.6 Å². The highest BCUT2D eigenvalue weighted by Crippen LogP contribution is 2.07. The Kier molecular flexibility index (Phi) is 3.92. The lowest BCUT2D eigenvalue weighted by Crippen LogP contribution is -2.26. The number of rotatable bonds is 4. The molecular formula is C16H17N5O2. The zero-order valence-corrected chi connectivity index (χ0v) is 13.0. The first kappa shape index (κ1) is 15.0. The molecule has 0 aromatic carbocycles. The lowest BCUT2D eigenvalue weighted by atomic mass is 10.2. The van der Waals surface area contributed by atoms with E-state index in [1.54, 1.807) is 19.2 Å². The maximum absolute atomic E-state index is 12.2. The van der Waals surface area contributed by atoms with Gasteiger partial charge in [-0.3, -0.25) is 9.59 Å². The molecule has 0 saturated carbocycles. The number of H-pyrrole nitrogens is 1. The van der Waals surface area contributed by atoms with Gasteiger partial charge in [0.05, 0.1) is 11.3 Å². The second-order valence-corrected chi connectivity index (χ2v) is 5.39. The number of aryl methyl sites for hydroxylation is 2. The number of hydrogen-bond donors (Lipinski definition) is 2. The molecule has 0 unspecified atom stereocenters. The molecule has 2 N–H and O–H groups in total. The second kappa shape index (κ2) is 6.04. The van der Waals surface area contributed by atoms with Gasteiger partial charge in [0.2, 0.25) is 0 Å². The largest absolute Gasteiger partial charge is 0.352 e. The van der Waals surface area contributed by atoms with Gasteiger partial charge in [-0.2, -0.15) is 0 Å². The summed E-state index contributed by atoms with van der Waals surface area (Å²) >= 11 is 0. The fourth-order valence-corrected chi connectivity index (χ4v) is 2.43. The van der Waals surface area contributed by atoms with Crippen LogP contribution >= 0.6 is 0 Å². The van der Waals surface area contributed by atoms with Crippen LogP contribution in [0.5, 0.6) is 0 Å². The molecule has 0 atom stereocenters. The maximum Gasteiger partial charge on any atom is 0.252 e. The molecule has 0 fully saturated rings. The molecule has 0 bridgehead atoms. The Hall–Kier alpha value is -2.96. The third-order valence-electron chi connectivity index (χ3n) is 3.41. The van der Waals surface area contributed by atoms with Crippen molar-refractivity contribution in [1.29, 1.82) is 0 Å². The van der Waals surface area contributed by atoms with E-state index < -0.39 is 0 Å². The van der Waals surface area contributed by atoms with Crippen LogP contribution in [0.25, 0.3) is 5.65 Å². The third-order valence-corrected chi connectivity index (χ3v) is 3.41. The molecule has 3 rings (SSSR count). The van der Waals surface area contributed by atoms with E-state index in [0.29, 0.717) is 30.0 Å². The van der Waals surface area contributed by atoms with Gasteiger partial charge in [-0.15, -0.1) is 0 Å². The van der Waals surface area contributed by atoms with Crippen molar-refractivity contribution in [2.24, 2.45) is 0 Å². The van der Waals surface area contributed by atoms with Crippen LogP contribution in [0.15, 0.2) is 35.4 Å². The third kappa shape index (κ3) is 3.45. The summed E-state index contributed by atoms with van der Waals surface area (Å²) in [5, 5.41) is 2.83. The molecule has 23 heavy (non-hydrogen) atoms. The van der Waals surface area contributed by atoms with E-state index in [1.165, 1.54) is 6.07 Å². The summed E-state index contributed by atoms with van der Waals surface area (Å²) < 4.78 is 1.83. The van der Waals surface area contributed by atoms with Crippen LogP contribution in [-0.2, 0) is 6.42 Å². The van der Waals surface area contributed by atoms with E-state index in [9.17, 15) is 9.59 Å². The monoisotopic (exact) mass is 311 g/mol. The molecule has 0 saturated heterocycles. The Balaban J connectivity index is 1.65. The Morgan fingerprint density at radius 3 is 2.87 bits per heavy atom. The summed E-state index contributed by atoms with van der Waals surface area (Å²) in [7, 11) is 0. The van der Waals surface area contributed by atoms with Gasteiger partial charge in [-0.25, -0.2) is 9.97 Å². The average Bonchev–Trinajstić information content (AvgIpc) is 2.85. The summed E-state index contributed by atoms with van der Waals surface area (Å²) in [6.07, 6.45) is 4.12. The first-order valence-corrected chi connectivity index (χ1v) is 7.32. The number of pyridine rings is 1. The van der Waals surface area contributed by atoms with Crippen LogP contribution in [0.4, 0.5) is 0 Å². The van der Waals surface area contributed by atoms with Crippen LogP contribution in [0.3, 0.4) is 0 Å². The number of nitrogens with one attached hydrogen (secondary N) is 2. The topological polar surface area (TPSA) is 92.2 Å². The van der Waals surface area contributed by atoms with Gasteiger partial charge in [0, 0.05) is 37.1 Å². The highest BCUT2D eigenvalue weighted by atomic mass is 16.1. The van der Waals surface area contributed by atoms with Crippen molar-refractivity contribution < 1.29 is 4.79 Å². The maximum atomic E-state index is 12.2. The van der Waals surface area contributed by atoms with Gasteiger partial charge >= 0.3 is 0 Å². The minimum atomic E-state index is -0.181. The molecule has 0 aliphatic heterocycles. The average molecular weight is 311 g/mol.